The highest BCUT2D eigenvalue weighted by molar-refractivity contribution is 6.18. The molecule has 0 aliphatic rings. The Hall–Kier alpha value is -0.440. The van der Waals surface area contributed by atoms with Crippen LogP contribution in [0.3, 0.4) is 0 Å². The van der Waals surface area contributed by atoms with E-state index in [0.29, 0.717) is 11.8 Å². The Labute approximate surface area is 91.2 Å². The van der Waals surface area contributed by atoms with Crippen molar-refractivity contribution in [1.29, 1.82) is 0 Å². The minimum Gasteiger partial charge on any atom is -0.444 e. The van der Waals surface area contributed by atoms with E-state index in [2.05, 4.69) is 5.32 Å². The molecule has 0 saturated carbocycles. The molecule has 0 aromatic carbocycles. The molecule has 1 amide bonds. The highest BCUT2D eigenvalue weighted by Gasteiger charge is 2.20. The monoisotopic (exact) mass is 221 g/mol. The van der Waals surface area contributed by atoms with E-state index >= 15 is 0 Å². The summed E-state index contributed by atoms with van der Waals surface area (Å²) in [6.07, 6.45) is -0.406. The highest BCUT2D eigenvalue weighted by Crippen LogP contribution is 2.09. The Morgan fingerprint density at radius 3 is 2.21 bits per heavy atom. The van der Waals surface area contributed by atoms with Crippen molar-refractivity contribution in [1.82, 2.24) is 5.32 Å². The number of rotatable bonds is 3. The molecule has 0 radical (unpaired) electrons. The minimum absolute atomic E-state index is 0.0356. The van der Waals surface area contributed by atoms with Gasteiger partial charge in [0.1, 0.15) is 5.60 Å². The third kappa shape index (κ3) is 6.08. The zero-order valence-corrected chi connectivity index (χ0v) is 10.3. The second-order valence-electron chi connectivity index (χ2n) is 4.65. The van der Waals surface area contributed by atoms with Crippen molar-refractivity contribution in [3.63, 3.8) is 0 Å². The summed E-state index contributed by atoms with van der Waals surface area (Å²) in [5.41, 5.74) is -0.460. The van der Waals surface area contributed by atoms with Gasteiger partial charge >= 0.3 is 6.09 Å². The Balaban J connectivity index is 4.04. The van der Waals surface area contributed by atoms with Crippen molar-refractivity contribution in [2.24, 2.45) is 5.92 Å². The summed E-state index contributed by atoms with van der Waals surface area (Å²) in [7, 11) is 0. The second kappa shape index (κ2) is 5.44. The third-order valence-corrected chi connectivity index (χ3v) is 2.01. The first kappa shape index (κ1) is 13.6. The molecular formula is C10H20ClNO2. The topological polar surface area (TPSA) is 38.3 Å². The number of ether oxygens (including phenoxy) is 1. The van der Waals surface area contributed by atoms with E-state index < -0.39 is 11.7 Å². The van der Waals surface area contributed by atoms with Gasteiger partial charge < -0.3 is 10.1 Å². The fourth-order valence-corrected chi connectivity index (χ4v) is 1.28. The molecule has 0 aromatic rings. The predicted molar refractivity (Wildman–Crippen MR) is 58.7 cm³/mol. The first-order valence-electron chi connectivity index (χ1n) is 4.81. The van der Waals surface area contributed by atoms with Crippen molar-refractivity contribution in [2.75, 3.05) is 5.88 Å². The van der Waals surface area contributed by atoms with Gasteiger partial charge in [-0.25, -0.2) is 4.79 Å². The number of alkyl halides is 1. The normalized spacial score (nSPS) is 13.9. The molecule has 0 bridgehead atoms. The van der Waals surface area contributed by atoms with E-state index in [4.69, 9.17) is 16.3 Å². The summed E-state index contributed by atoms with van der Waals surface area (Å²) < 4.78 is 5.11. The lowest BCUT2D eigenvalue weighted by Crippen LogP contribution is -2.42. The average Bonchev–Trinajstić information content (AvgIpc) is 1.96. The number of nitrogens with one attached hydrogen (secondary N) is 1. The van der Waals surface area contributed by atoms with E-state index in [1.807, 2.05) is 34.6 Å². The summed E-state index contributed by atoms with van der Waals surface area (Å²) in [5.74, 6) is 0.705. The van der Waals surface area contributed by atoms with E-state index in [9.17, 15) is 4.79 Å². The Morgan fingerprint density at radius 2 is 1.93 bits per heavy atom. The Bertz CT molecular complexity index is 187. The van der Waals surface area contributed by atoms with Gasteiger partial charge in [-0.2, -0.15) is 0 Å². The van der Waals surface area contributed by atoms with Crippen molar-refractivity contribution >= 4 is 17.7 Å². The SMILES string of the molecule is CC(C)C(CCl)NC(=O)OC(C)(C)C. The fraction of sp³-hybridized carbons (Fsp3) is 0.900. The van der Waals surface area contributed by atoms with Crippen LogP contribution in [0, 0.1) is 5.92 Å². The molecule has 1 unspecified atom stereocenters. The molecule has 1 atom stereocenters. The van der Waals surface area contributed by atoms with Crippen LogP contribution in [0.25, 0.3) is 0 Å². The summed E-state index contributed by atoms with van der Waals surface area (Å²) in [4.78, 5) is 11.3. The first-order valence-corrected chi connectivity index (χ1v) is 5.35. The van der Waals surface area contributed by atoms with Crippen molar-refractivity contribution in [3.05, 3.63) is 0 Å². The lowest BCUT2D eigenvalue weighted by atomic mass is 10.1. The molecule has 4 heteroatoms. The lowest BCUT2D eigenvalue weighted by Gasteiger charge is -2.24. The number of hydrogen-bond acceptors (Lipinski definition) is 2. The molecule has 1 N–H and O–H groups in total. The van der Waals surface area contributed by atoms with Crippen LogP contribution in [0.15, 0.2) is 0 Å². The maximum absolute atomic E-state index is 11.3. The number of halogens is 1. The van der Waals surface area contributed by atoms with Crippen LogP contribution in [-0.2, 0) is 4.74 Å². The van der Waals surface area contributed by atoms with Crippen LogP contribution in [-0.4, -0.2) is 23.6 Å². The van der Waals surface area contributed by atoms with Gasteiger partial charge in [-0.15, -0.1) is 11.6 Å². The van der Waals surface area contributed by atoms with Gasteiger partial charge in [-0.3, -0.25) is 0 Å². The number of amides is 1. The first-order chi connectivity index (χ1) is 6.26. The second-order valence-corrected chi connectivity index (χ2v) is 4.96. The largest absolute Gasteiger partial charge is 0.444 e. The maximum atomic E-state index is 11.3. The van der Waals surface area contributed by atoms with E-state index in [0.717, 1.165) is 0 Å². The molecule has 0 aliphatic heterocycles. The standard InChI is InChI=1S/C10H20ClNO2/c1-7(2)8(6-11)12-9(13)14-10(3,4)5/h7-8H,6H2,1-5H3,(H,12,13). The van der Waals surface area contributed by atoms with Crippen LogP contribution in [0.2, 0.25) is 0 Å². The minimum atomic E-state index is -0.460. The molecule has 3 nitrogen and oxygen atoms in total. The van der Waals surface area contributed by atoms with Crippen molar-refractivity contribution in [2.45, 2.75) is 46.3 Å². The molecule has 14 heavy (non-hydrogen) atoms. The third-order valence-electron chi connectivity index (χ3n) is 1.67. The smallest absolute Gasteiger partial charge is 0.407 e. The average molecular weight is 222 g/mol. The summed E-state index contributed by atoms with van der Waals surface area (Å²) in [6, 6.07) is -0.0356. The molecule has 0 spiro atoms. The predicted octanol–water partition coefficient (Wildman–Crippen LogP) is 2.77. The Kier molecular flexibility index (Phi) is 5.27. The molecule has 0 aromatic heterocycles. The molecule has 0 fully saturated rings. The molecule has 0 aliphatic carbocycles. The van der Waals surface area contributed by atoms with Crippen molar-refractivity contribution in [3.8, 4) is 0 Å². The van der Waals surface area contributed by atoms with E-state index in [1.54, 1.807) is 0 Å². The van der Waals surface area contributed by atoms with Gasteiger partial charge in [0.05, 0.1) is 0 Å². The number of alkyl carbamates (subject to hydrolysis) is 1. The van der Waals surface area contributed by atoms with Crippen LogP contribution in [0.4, 0.5) is 4.79 Å². The number of carbonyl (C=O) groups is 1. The lowest BCUT2D eigenvalue weighted by molar-refractivity contribution is 0.0497. The van der Waals surface area contributed by atoms with Crippen LogP contribution >= 0.6 is 11.6 Å². The number of hydrogen-bond donors (Lipinski definition) is 1. The molecule has 0 rings (SSSR count). The van der Waals surface area contributed by atoms with Crippen molar-refractivity contribution < 1.29 is 9.53 Å². The quantitative estimate of drug-likeness (QED) is 0.745. The summed E-state index contributed by atoms with van der Waals surface area (Å²) >= 11 is 5.71. The maximum Gasteiger partial charge on any atom is 0.407 e. The van der Waals surface area contributed by atoms with Gasteiger partial charge in [0, 0.05) is 11.9 Å². The van der Waals surface area contributed by atoms with Gasteiger partial charge in [-0.05, 0) is 26.7 Å². The highest BCUT2D eigenvalue weighted by atomic mass is 35.5. The molecule has 0 heterocycles. The van der Waals surface area contributed by atoms with Gasteiger partial charge in [0.25, 0.3) is 0 Å². The number of carbonyl (C=O) groups excluding carboxylic acids is 1. The van der Waals surface area contributed by atoms with Crippen LogP contribution in [0.5, 0.6) is 0 Å². The molecule has 84 valence electrons. The van der Waals surface area contributed by atoms with Crippen LogP contribution in [0.1, 0.15) is 34.6 Å². The van der Waals surface area contributed by atoms with Gasteiger partial charge in [0.2, 0.25) is 0 Å². The van der Waals surface area contributed by atoms with Gasteiger partial charge in [0.15, 0.2) is 0 Å². The zero-order chi connectivity index (χ0) is 11.4. The summed E-state index contributed by atoms with van der Waals surface area (Å²) in [6.45, 7) is 9.50. The Morgan fingerprint density at radius 1 is 1.43 bits per heavy atom. The van der Waals surface area contributed by atoms with E-state index in [1.165, 1.54) is 0 Å². The van der Waals surface area contributed by atoms with Crippen LogP contribution < -0.4 is 5.32 Å². The summed E-state index contributed by atoms with van der Waals surface area (Å²) in [5, 5.41) is 2.73. The molecule has 0 saturated heterocycles. The van der Waals surface area contributed by atoms with Gasteiger partial charge in [-0.1, -0.05) is 13.8 Å². The fourth-order valence-electron chi connectivity index (χ4n) is 0.842. The zero-order valence-electron chi connectivity index (χ0n) is 9.56. The molecular weight excluding hydrogens is 202 g/mol. The van der Waals surface area contributed by atoms with E-state index in [-0.39, 0.29) is 6.04 Å².